The number of hydrogen-bond acceptors (Lipinski definition) is 2. The highest BCUT2D eigenvalue weighted by atomic mass is 79.9. The molecule has 2 aliphatic heterocycles. The van der Waals surface area contributed by atoms with Crippen molar-refractivity contribution in [1.29, 1.82) is 0 Å². The normalized spacial score (nSPS) is 28.5. The lowest BCUT2D eigenvalue weighted by Crippen LogP contribution is -2.46. The highest BCUT2D eigenvalue weighted by molar-refractivity contribution is 9.10. The zero-order valence-electron chi connectivity index (χ0n) is 11.6. The van der Waals surface area contributed by atoms with Gasteiger partial charge in [0.2, 0.25) is 0 Å². The van der Waals surface area contributed by atoms with Crippen LogP contribution < -0.4 is 5.32 Å². The summed E-state index contributed by atoms with van der Waals surface area (Å²) in [6.07, 6.45) is 5.09. The van der Waals surface area contributed by atoms with Crippen LogP contribution in [0.15, 0.2) is 22.7 Å². The highest BCUT2D eigenvalue weighted by Crippen LogP contribution is 2.30. The topological polar surface area (TPSA) is 15.3 Å². The molecule has 0 saturated carbocycles. The average molecular weight is 364 g/mol. The quantitative estimate of drug-likeness (QED) is 0.880. The van der Waals surface area contributed by atoms with Gasteiger partial charge < -0.3 is 5.32 Å². The smallest absolute Gasteiger partial charge is 0.124 e. The van der Waals surface area contributed by atoms with E-state index in [1.165, 1.54) is 31.7 Å². The monoisotopic (exact) mass is 362 g/mol. The largest absolute Gasteiger partial charge is 0.311 e. The lowest BCUT2D eigenvalue weighted by atomic mass is 9.98. The Kier molecular flexibility index (Phi) is 5.46. The van der Waals surface area contributed by atoms with Crippen LogP contribution in [0.2, 0.25) is 0 Å². The molecule has 3 rings (SSSR count). The molecule has 2 aliphatic rings. The van der Waals surface area contributed by atoms with Crippen molar-refractivity contribution in [3.63, 3.8) is 0 Å². The zero-order chi connectivity index (χ0) is 13.4. The molecule has 0 aliphatic carbocycles. The fourth-order valence-corrected chi connectivity index (χ4v) is 4.02. The average Bonchev–Trinajstić information content (AvgIpc) is 2.66. The maximum atomic E-state index is 13.4. The van der Waals surface area contributed by atoms with Crippen molar-refractivity contribution in [3.05, 3.63) is 34.1 Å². The minimum Gasteiger partial charge on any atom is -0.311 e. The minimum atomic E-state index is -0.164. The van der Waals surface area contributed by atoms with E-state index in [1.54, 1.807) is 6.07 Å². The van der Waals surface area contributed by atoms with Gasteiger partial charge in [-0.25, -0.2) is 4.39 Å². The van der Waals surface area contributed by atoms with E-state index in [1.807, 2.05) is 6.07 Å². The molecule has 2 saturated heterocycles. The van der Waals surface area contributed by atoms with Crippen molar-refractivity contribution < 1.29 is 4.39 Å². The number of nitrogens with one attached hydrogen (secondary N) is 1. The summed E-state index contributed by atoms with van der Waals surface area (Å²) in [6, 6.07) is 7.18. The second-order valence-corrected chi connectivity index (χ2v) is 6.87. The van der Waals surface area contributed by atoms with Gasteiger partial charge in [-0.15, -0.1) is 12.4 Å². The van der Waals surface area contributed by atoms with Crippen molar-refractivity contribution in [1.82, 2.24) is 10.2 Å². The van der Waals surface area contributed by atoms with Crippen LogP contribution in [0.1, 0.15) is 31.2 Å². The first-order valence-electron chi connectivity index (χ1n) is 7.01. The van der Waals surface area contributed by atoms with Gasteiger partial charge in [-0.1, -0.05) is 15.9 Å². The summed E-state index contributed by atoms with van der Waals surface area (Å²) in [6.45, 7) is 0.820. The van der Waals surface area contributed by atoms with E-state index in [0.29, 0.717) is 18.1 Å². The molecule has 1 aromatic carbocycles. The third-order valence-corrected chi connectivity index (χ3v) is 4.88. The molecule has 1 N–H and O–H groups in total. The molecule has 2 atom stereocenters. The lowest BCUT2D eigenvalue weighted by Gasteiger charge is -2.35. The van der Waals surface area contributed by atoms with Gasteiger partial charge in [0.1, 0.15) is 5.82 Å². The maximum absolute atomic E-state index is 13.4. The molecule has 0 spiro atoms. The Balaban J connectivity index is 0.00000147. The Hall–Kier alpha value is -0.160. The van der Waals surface area contributed by atoms with Gasteiger partial charge in [-0.2, -0.15) is 0 Å². The Labute approximate surface area is 134 Å². The van der Waals surface area contributed by atoms with E-state index >= 15 is 0 Å². The molecule has 1 aromatic rings. The van der Waals surface area contributed by atoms with Crippen molar-refractivity contribution in [2.24, 2.45) is 0 Å². The third kappa shape index (κ3) is 3.73. The second kappa shape index (κ2) is 6.73. The fourth-order valence-electron chi connectivity index (χ4n) is 3.51. The van der Waals surface area contributed by atoms with Gasteiger partial charge in [0.05, 0.1) is 0 Å². The number of nitrogens with zero attached hydrogens (tertiary/aromatic N) is 1. The van der Waals surface area contributed by atoms with Crippen LogP contribution >= 0.6 is 28.3 Å². The van der Waals surface area contributed by atoms with Crippen LogP contribution in [-0.2, 0) is 6.54 Å². The summed E-state index contributed by atoms with van der Waals surface area (Å²) in [4.78, 5) is 2.38. The molecule has 112 valence electrons. The molecule has 0 aromatic heterocycles. The predicted octanol–water partition coefficient (Wildman–Crippen LogP) is 3.72. The van der Waals surface area contributed by atoms with Gasteiger partial charge in [-0.05, 0) is 56.5 Å². The standard InChI is InChI=1S/C15H20BrFN2.ClH/c1-19(9-10-4-11(16)6-12(17)5-10)15-7-13-2-3-14(8-15)18-13;/h4-6,13-15,18H,2-3,7-9H2,1H3;1H. The Morgan fingerprint density at radius 1 is 1.25 bits per heavy atom. The van der Waals surface area contributed by atoms with Gasteiger partial charge in [0.25, 0.3) is 0 Å². The van der Waals surface area contributed by atoms with E-state index in [4.69, 9.17) is 0 Å². The van der Waals surface area contributed by atoms with Crippen LogP contribution in [0.3, 0.4) is 0 Å². The van der Waals surface area contributed by atoms with Crippen LogP contribution in [0.25, 0.3) is 0 Å². The van der Waals surface area contributed by atoms with Crippen molar-refractivity contribution in [2.45, 2.75) is 50.4 Å². The molecule has 2 unspecified atom stereocenters. The van der Waals surface area contributed by atoms with Crippen molar-refractivity contribution >= 4 is 28.3 Å². The molecule has 5 heteroatoms. The molecule has 0 radical (unpaired) electrons. The van der Waals surface area contributed by atoms with E-state index < -0.39 is 0 Å². The van der Waals surface area contributed by atoms with Crippen LogP contribution in [0.4, 0.5) is 4.39 Å². The van der Waals surface area contributed by atoms with Gasteiger partial charge >= 0.3 is 0 Å². The fraction of sp³-hybridized carbons (Fsp3) is 0.600. The number of benzene rings is 1. The SMILES string of the molecule is CN(Cc1cc(F)cc(Br)c1)C1CC2CCC(C1)N2.Cl. The minimum absolute atomic E-state index is 0. The molecule has 2 fully saturated rings. The first-order valence-corrected chi connectivity index (χ1v) is 7.81. The summed E-state index contributed by atoms with van der Waals surface area (Å²) in [5.74, 6) is -0.164. The van der Waals surface area contributed by atoms with Crippen molar-refractivity contribution in [3.8, 4) is 0 Å². The van der Waals surface area contributed by atoms with E-state index in [0.717, 1.165) is 16.6 Å². The number of halogens is 3. The molecular formula is C15H21BrClFN2. The second-order valence-electron chi connectivity index (χ2n) is 5.96. The lowest BCUT2D eigenvalue weighted by molar-refractivity contribution is 0.166. The van der Waals surface area contributed by atoms with Gasteiger partial charge in [-0.3, -0.25) is 4.90 Å². The number of hydrogen-bond donors (Lipinski definition) is 1. The van der Waals surface area contributed by atoms with Crippen molar-refractivity contribution in [2.75, 3.05) is 7.05 Å². The number of piperidine rings is 1. The van der Waals surface area contributed by atoms with Crippen LogP contribution in [-0.4, -0.2) is 30.1 Å². The Morgan fingerprint density at radius 2 is 1.90 bits per heavy atom. The first-order chi connectivity index (χ1) is 9.10. The molecule has 2 nitrogen and oxygen atoms in total. The van der Waals surface area contributed by atoms with E-state index in [-0.39, 0.29) is 18.2 Å². The highest BCUT2D eigenvalue weighted by Gasteiger charge is 2.34. The maximum Gasteiger partial charge on any atom is 0.124 e. The zero-order valence-corrected chi connectivity index (χ0v) is 14.0. The first kappa shape index (κ1) is 16.2. The Bertz CT molecular complexity index is 439. The molecule has 2 heterocycles. The third-order valence-electron chi connectivity index (χ3n) is 4.43. The Morgan fingerprint density at radius 3 is 2.50 bits per heavy atom. The summed E-state index contributed by atoms with van der Waals surface area (Å²) < 4.78 is 14.2. The van der Waals surface area contributed by atoms with E-state index in [2.05, 4.69) is 33.2 Å². The van der Waals surface area contributed by atoms with Crippen LogP contribution in [0, 0.1) is 5.82 Å². The summed E-state index contributed by atoms with van der Waals surface area (Å²) in [5, 5.41) is 3.66. The van der Waals surface area contributed by atoms with Gasteiger partial charge in [0.15, 0.2) is 0 Å². The number of fused-ring (bicyclic) bond motifs is 2. The molecule has 2 bridgehead atoms. The molecular weight excluding hydrogens is 343 g/mol. The van der Waals surface area contributed by atoms with Crippen LogP contribution in [0.5, 0.6) is 0 Å². The predicted molar refractivity (Wildman–Crippen MR) is 85.8 cm³/mol. The molecule has 20 heavy (non-hydrogen) atoms. The molecule has 0 amide bonds. The summed E-state index contributed by atoms with van der Waals surface area (Å²) in [5.41, 5.74) is 1.04. The number of rotatable bonds is 3. The van der Waals surface area contributed by atoms with E-state index in [9.17, 15) is 4.39 Å². The summed E-state index contributed by atoms with van der Waals surface area (Å²) in [7, 11) is 2.16. The van der Waals surface area contributed by atoms with Gasteiger partial charge in [0, 0.05) is 29.1 Å². The summed E-state index contributed by atoms with van der Waals surface area (Å²) >= 11 is 3.36.